The molecular formula is C9H11N9. The molecule has 0 radical (unpaired) electrons. The molecule has 9 heteroatoms. The summed E-state index contributed by atoms with van der Waals surface area (Å²) in [6.45, 7) is 0.493. The monoisotopic (exact) mass is 245 g/mol. The Hall–Kier alpha value is -2.71. The highest BCUT2D eigenvalue weighted by molar-refractivity contribution is 5.86. The van der Waals surface area contributed by atoms with E-state index in [9.17, 15) is 0 Å². The molecule has 9 nitrogen and oxygen atoms in total. The Balaban J connectivity index is 1.90. The number of nitrogens with one attached hydrogen (secondary N) is 2. The molecule has 0 aromatic carbocycles. The van der Waals surface area contributed by atoms with Gasteiger partial charge in [0.05, 0.1) is 18.1 Å². The van der Waals surface area contributed by atoms with Crippen LogP contribution in [-0.4, -0.2) is 34.9 Å². The summed E-state index contributed by atoms with van der Waals surface area (Å²) in [5.41, 5.74) is 6.22. The second-order valence-electron chi connectivity index (χ2n) is 3.77. The molecule has 0 atom stereocenters. The van der Waals surface area contributed by atoms with Crippen molar-refractivity contribution in [1.82, 2.24) is 34.9 Å². The minimum atomic E-state index is 0.187. The second-order valence-corrected chi connectivity index (χ2v) is 3.77. The molecule has 0 aliphatic heterocycles. The molecule has 3 aromatic heterocycles. The van der Waals surface area contributed by atoms with Gasteiger partial charge >= 0.3 is 0 Å². The van der Waals surface area contributed by atoms with Gasteiger partial charge in [-0.25, -0.2) is 0 Å². The minimum absolute atomic E-state index is 0.187. The number of fused-ring (bicyclic) bond motifs is 1. The van der Waals surface area contributed by atoms with Crippen LogP contribution in [0.25, 0.3) is 11.0 Å². The Morgan fingerprint density at radius 2 is 2.33 bits per heavy atom. The van der Waals surface area contributed by atoms with Crippen LogP contribution in [0.1, 0.15) is 5.82 Å². The number of aryl methyl sites for hydroxylation is 1. The molecule has 0 fully saturated rings. The maximum absolute atomic E-state index is 5.62. The molecule has 3 aromatic rings. The van der Waals surface area contributed by atoms with Crippen LogP contribution in [0.4, 0.5) is 11.8 Å². The zero-order valence-corrected chi connectivity index (χ0v) is 9.62. The van der Waals surface area contributed by atoms with Gasteiger partial charge in [-0.1, -0.05) is 0 Å². The van der Waals surface area contributed by atoms with Gasteiger partial charge in [-0.05, 0) is 0 Å². The van der Waals surface area contributed by atoms with Crippen molar-refractivity contribution < 1.29 is 0 Å². The predicted octanol–water partition coefficient (Wildman–Crippen LogP) is -0.324. The highest BCUT2D eigenvalue weighted by Gasteiger charge is 2.08. The maximum Gasteiger partial charge on any atom is 0.224 e. The van der Waals surface area contributed by atoms with Crippen LogP contribution in [0.2, 0.25) is 0 Å². The number of nitrogens with two attached hydrogens (primary N) is 1. The largest absolute Gasteiger partial charge is 0.368 e. The summed E-state index contributed by atoms with van der Waals surface area (Å²) >= 11 is 0. The standard InChI is InChI=1S/C9H11N9/c1-18-4-13-16-6(18)3-11-7-5-2-12-17-8(5)15-9(10)14-7/h2,4H,3H2,1H3,(H4,10,11,12,14,15,17). The molecular weight excluding hydrogens is 234 g/mol. The number of hydrogen-bond donors (Lipinski definition) is 3. The van der Waals surface area contributed by atoms with Crippen molar-refractivity contribution in [2.75, 3.05) is 11.1 Å². The molecule has 18 heavy (non-hydrogen) atoms. The van der Waals surface area contributed by atoms with Crippen molar-refractivity contribution in [3.05, 3.63) is 18.3 Å². The molecule has 0 aliphatic rings. The number of aromatic amines is 1. The number of aromatic nitrogens is 7. The van der Waals surface area contributed by atoms with Crippen molar-refractivity contribution in [3.8, 4) is 0 Å². The lowest BCUT2D eigenvalue weighted by molar-refractivity contribution is 0.810. The zero-order valence-electron chi connectivity index (χ0n) is 9.62. The van der Waals surface area contributed by atoms with E-state index in [-0.39, 0.29) is 5.95 Å². The molecule has 0 amide bonds. The average Bonchev–Trinajstić information content (AvgIpc) is 2.94. The van der Waals surface area contributed by atoms with Crippen molar-refractivity contribution in [2.24, 2.45) is 7.05 Å². The van der Waals surface area contributed by atoms with Gasteiger partial charge in [0.1, 0.15) is 12.1 Å². The zero-order chi connectivity index (χ0) is 12.5. The SMILES string of the molecule is Cn1cnnc1CNc1nc(N)nc2[nH]ncc12. The van der Waals surface area contributed by atoms with Gasteiger partial charge in [0.2, 0.25) is 5.95 Å². The van der Waals surface area contributed by atoms with E-state index >= 15 is 0 Å². The van der Waals surface area contributed by atoms with E-state index in [4.69, 9.17) is 5.73 Å². The summed E-state index contributed by atoms with van der Waals surface area (Å²) in [4.78, 5) is 8.18. The third-order valence-electron chi connectivity index (χ3n) is 2.55. The van der Waals surface area contributed by atoms with E-state index in [0.29, 0.717) is 18.0 Å². The third kappa shape index (κ3) is 1.71. The highest BCUT2D eigenvalue weighted by Crippen LogP contribution is 2.18. The molecule has 3 rings (SSSR count). The fourth-order valence-electron chi connectivity index (χ4n) is 1.62. The summed E-state index contributed by atoms with van der Waals surface area (Å²) in [5.74, 6) is 1.60. The first-order chi connectivity index (χ1) is 8.74. The molecule has 0 saturated heterocycles. The molecule has 4 N–H and O–H groups in total. The molecule has 0 saturated carbocycles. The van der Waals surface area contributed by atoms with Crippen LogP contribution in [0.15, 0.2) is 12.5 Å². The van der Waals surface area contributed by atoms with Crippen molar-refractivity contribution in [1.29, 1.82) is 0 Å². The quantitative estimate of drug-likeness (QED) is 0.577. The number of hydrogen-bond acceptors (Lipinski definition) is 7. The second kappa shape index (κ2) is 3.95. The molecule has 0 spiro atoms. The van der Waals surface area contributed by atoms with E-state index in [1.807, 2.05) is 11.6 Å². The lowest BCUT2D eigenvalue weighted by atomic mass is 10.4. The van der Waals surface area contributed by atoms with E-state index in [2.05, 4.69) is 35.7 Å². The third-order valence-corrected chi connectivity index (χ3v) is 2.55. The fraction of sp³-hybridized carbons (Fsp3) is 0.222. The molecule has 3 heterocycles. The fourth-order valence-corrected chi connectivity index (χ4v) is 1.62. The van der Waals surface area contributed by atoms with Gasteiger partial charge in [0, 0.05) is 7.05 Å². The minimum Gasteiger partial charge on any atom is -0.368 e. The Morgan fingerprint density at radius 3 is 3.11 bits per heavy atom. The molecule has 0 unspecified atom stereocenters. The van der Waals surface area contributed by atoms with Gasteiger partial charge < -0.3 is 15.6 Å². The first-order valence-corrected chi connectivity index (χ1v) is 5.27. The van der Waals surface area contributed by atoms with Crippen LogP contribution >= 0.6 is 0 Å². The number of nitrogens with zero attached hydrogens (tertiary/aromatic N) is 6. The summed E-state index contributed by atoms with van der Waals surface area (Å²) in [7, 11) is 1.87. The van der Waals surface area contributed by atoms with E-state index < -0.39 is 0 Å². The van der Waals surface area contributed by atoms with Gasteiger partial charge in [0.25, 0.3) is 0 Å². The lowest BCUT2D eigenvalue weighted by Crippen LogP contribution is -2.08. The normalized spacial score (nSPS) is 10.9. The summed E-state index contributed by atoms with van der Waals surface area (Å²) in [5, 5.41) is 18.4. The molecule has 92 valence electrons. The van der Waals surface area contributed by atoms with Gasteiger partial charge in [-0.2, -0.15) is 15.1 Å². The van der Waals surface area contributed by atoms with Crippen molar-refractivity contribution >= 4 is 22.8 Å². The van der Waals surface area contributed by atoms with Crippen molar-refractivity contribution in [2.45, 2.75) is 6.54 Å². The first kappa shape index (κ1) is 10.4. The number of nitrogen functional groups attached to an aromatic ring is 1. The smallest absolute Gasteiger partial charge is 0.224 e. The van der Waals surface area contributed by atoms with Gasteiger partial charge in [-0.15, -0.1) is 10.2 Å². The number of anilines is 2. The first-order valence-electron chi connectivity index (χ1n) is 5.27. The summed E-state index contributed by atoms with van der Waals surface area (Å²) in [6.07, 6.45) is 3.28. The van der Waals surface area contributed by atoms with E-state index in [0.717, 1.165) is 11.2 Å². The van der Waals surface area contributed by atoms with Crippen LogP contribution in [-0.2, 0) is 13.6 Å². The Labute approximate surface area is 101 Å². The topological polar surface area (TPSA) is 123 Å². The summed E-state index contributed by atoms with van der Waals surface area (Å²) < 4.78 is 1.82. The van der Waals surface area contributed by atoms with E-state index in [1.165, 1.54) is 0 Å². The van der Waals surface area contributed by atoms with Crippen LogP contribution in [0.5, 0.6) is 0 Å². The number of H-pyrrole nitrogens is 1. The maximum atomic E-state index is 5.62. The lowest BCUT2D eigenvalue weighted by Gasteiger charge is -2.06. The Kier molecular flexibility index (Phi) is 2.29. The van der Waals surface area contributed by atoms with Crippen molar-refractivity contribution in [3.63, 3.8) is 0 Å². The van der Waals surface area contributed by atoms with Crippen LogP contribution < -0.4 is 11.1 Å². The average molecular weight is 245 g/mol. The summed E-state index contributed by atoms with van der Waals surface area (Å²) in [6, 6.07) is 0. The highest BCUT2D eigenvalue weighted by atomic mass is 15.3. The predicted molar refractivity (Wildman–Crippen MR) is 64.4 cm³/mol. The van der Waals surface area contributed by atoms with Crippen LogP contribution in [0.3, 0.4) is 0 Å². The van der Waals surface area contributed by atoms with E-state index in [1.54, 1.807) is 12.5 Å². The number of rotatable bonds is 3. The Morgan fingerprint density at radius 1 is 1.44 bits per heavy atom. The van der Waals surface area contributed by atoms with Crippen LogP contribution in [0, 0.1) is 0 Å². The van der Waals surface area contributed by atoms with Gasteiger partial charge in [0.15, 0.2) is 11.5 Å². The van der Waals surface area contributed by atoms with Gasteiger partial charge in [-0.3, -0.25) is 5.10 Å². The Bertz CT molecular complexity index is 682. The molecule has 0 bridgehead atoms. The molecule has 0 aliphatic carbocycles.